The van der Waals surface area contributed by atoms with Gasteiger partial charge in [0.25, 0.3) is 0 Å². The van der Waals surface area contributed by atoms with Crippen molar-refractivity contribution in [3.05, 3.63) is 97.1 Å². The summed E-state index contributed by atoms with van der Waals surface area (Å²) >= 11 is 0. The summed E-state index contributed by atoms with van der Waals surface area (Å²) in [5.74, 6) is -0.413. The van der Waals surface area contributed by atoms with Crippen LogP contribution in [0.5, 0.6) is 0 Å². The van der Waals surface area contributed by atoms with E-state index in [4.69, 9.17) is 14.7 Å². The number of benzene rings is 3. The van der Waals surface area contributed by atoms with Gasteiger partial charge in [-0.3, -0.25) is 0 Å². The molecule has 4 rings (SSSR count). The lowest BCUT2D eigenvalue weighted by molar-refractivity contribution is 0.0550. The van der Waals surface area contributed by atoms with Gasteiger partial charge in [0.2, 0.25) is 0 Å². The smallest absolute Gasteiger partial charge is 0.339 e. The van der Waals surface area contributed by atoms with Gasteiger partial charge in [0, 0.05) is 11.1 Å². The van der Waals surface area contributed by atoms with Crippen LogP contribution >= 0.6 is 0 Å². The van der Waals surface area contributed by atoms with Crippen LogP contribution in [0, 0.1) is 0 Å². The molecule has 0 atom stereocenters. The number of hydrogen-bond acceptors (Lipinski definition) is 4. The molecule has 4 aromatic rings. The first-order chi connectivity index (χ1) is 13.8. The number of aromatic nitrogens is 2. The zero-order valence-corrected chi connectivity index (χ0v) is 15.2. The average molecular weight is 366 g/mol. The molecule has 0 amide bonds. The van der Waals surface area contributed by atoms with Crippen LogP contribution in [0.1, 0.15) is 10.4 Å². The summed E-state index contributed by atoms with van der Waals surface area (Å²) in [5, 5.41) is 0. The molecule has 0 aliphatic heterocycles. The number of nitrogens with zero attached hydrogens (tertiary/aromatic N) is 2. The zero-order valence-electron chi connectivity index (χ0n) is 15.2. The van der Waals surface area contributed by atoms with Gasteiger partial charge in [0.15, 0.2) is 0 Å². The quantitative estimate of drug-likeness (QED) is 0.355. The van der Waals surface area contributed by atoms with Crippen LogP contribution in [0.4, 0.5) is 0 Å². The topological polar surface area (TPSA) is 52.1 Å². The highest BCUT2D eigenvalue weighted by Gasteiger charge is 2.19. The molecule has 0 aliphatic carbocycles. The second-order valence-electron chi connectivity index (χ2n) is 6.21. The van der Waals surface area contributed by atoms with Crippen molar-refractivity contribution in [3.8, 4) is 22.5 Å². The Balaban J connectivity index is 1.96. The van der Waals surface area contributed by atoms with Gasteiger partial charge in [0.1, 0.15) is 6.61 Å². The van der Waals surface area contributed by atoms with E-state index in [2.05, 4.69) is 6.58 Å². The molecule has 3 aromatic carbocycles. The SMILES string of the molecule is C=CCOC(=O)c1ccccc1-c1nc2ccccc2nc1-c1ccccc1. The third-order valence-corrected chi connectivity index (χ3v) is 4.35. The molecular formula is C24H18N2O2. The Morgan fingerprint density at radius 1 is 0.821 bits per heavy atom. The summed E-state index contributed by atoms with van der Waals surface area (Å²) in [4.78, 5) is 22.3. The van der Waals surface area contributed by atoms with E-state index < -0.39 is 5.97 Å². The van der Waals surface area contributed by atoms with Gasteiger partial charge in [-0.2, -0.15) is 0 Å². The molecule has 0 fully saturated rings. The van der Waals surface area contributed by atoms with Crippen molar-refractivity contribution in [2.45, 2.75) is 0 Å². The van der Waals surface area contributed by atoms with Crippen LogP contribution in [0.3, 0.4) is 0 Å². The highest BCUT2D eigenvalue weighted by atomic mass is 16.5. The minimum atomic E-state index is -0.413. The van der Waals surface area contributed by atoms with Crippen LogP contribution in [-0.4, -0.2) is 22.5 Å². The highest BCUT2D eigenvalue weighted by molar-refractivity contribution is 5.99. The molecule has 28 heavy (non-hydrogen) atoms. The number of para-hydroxylation sites is 2. The van der Waals surface area contributed by atoms with Gasteiger partial charge in [-0.15, -0.1) is 0 Å². The maximum atomic E-state index is 12.6. The fraction of sp³-hybridized carbons (Fsp3) is 0.0417. The molecule has 0 saturated carbocycles. The number of carbonyl (C=O) groups excluding carboxylic acids is 1. The Morgan fingerprint density at radius 3 is 2.14 bits per heavy atom. The summed E-state index contributed by atoms with van der Waals surface area (Å²) in [6, 6.07) is 24.9. The van der Waals surface area contributed by atoms with Crippen molar-refractivity contribution >= 4 is 17.0 Å². The lowest BCUT2D eigenvalue weighted by Gasteiger charge is -2.13. The third-order valence-electron chi connectivity index (χ3n) is 4.35. The minimum Gasteiger partial charge on any atom is -0.458 e. The standard InChI is InChI=1S/C24H18N2O2/c1-2-16-28-24(27)19-13-7-6-12-18(19)23-22(17-10-4-3-5-11-17)25-20-14-8-9-15-21(20)26-23/h2-15H,1,16H2. The summed E-state index contributed by atoms with van der Waals surface area (Å²) in [5.41, 5.74) is 5.02. The Bertz CT molecular complexity index is 1150. The molecule has 0 saturated heterocycles. The van der Waals surface area contributed by atoms with Crippen LogP contribution in [0.2, 0.25) is 0 Å². The van der Waals surface area contributed by atoms with E-state index in [0.29, 0.717) is 16.8 Å². The Hall–Kier alpha value is -3.79. The second kappa shape index (κ2) is 7.84. The molecule has 136 valence electrons. The number of rotatable bonds is 5. The number of esters is 1. The first-order valence-electron chi connectivity index (χ1n) is 8.97. The molecular weight excluding hydrogens is 348 g/mol. The molecule has 0 unspecified atom stereocenters. The summed E-state index contributed by atoms with van der Waals surface area (Å²) in [6.07, 6.45) is 1.55. The first kappa shape index (κ1) is 17.6. The predicted octanol–water partition coefficient (Wildman–Crippen LogP) is 5.31. The minimum absolute atomic E-state index is 0.155. The third kappa shape index (κ3) is 3.40. The van der Waals surface area contributed by atoms with Gasteiger partial charge in [-0.05, 0) is 18.2 Å². The monoisotopic (exact) mass is 366 g/mol. The van der Waals surface area contributed by atoms with E-state index in [1.165, 1.54) is 0 Å². The van der Waals surface area contributed by atoms with E-state index in [1.54, 1.807) is 12.1 Å². The van der Waals surface area contributed by atoms with Crippen LogP contribution in [-0.2, 0) is 4.74 Å². The molecule has 0 spiro atoms. The molecule has 4 heteroatoms. The summed E-state index contributed by atoms with van der Waals surface area (Å²) in [7, 11) is 0. The Morgan fingerprint density at radius 2 is 1.43 bits per heavy atom. The molecule has 0 bridgehead atoms. The van der Waals surface area contributed by atoms with Crippen LogP contribution < -0.4 is 0 Å². The Kier molecular flexibility index (Phi) is 4.93. The van der Waals surface area contributed by atoms with Crippen molar-refractivity contribution in [3.63, 3.8) is 0 Å². The fourth-order valence-electron chi connectivity index (χ4n) is 3.07. The van der Waals surface area contributed by atoms with Gasteiger partial charge in [0.05, 0.1) is 28.0 Å². The van der Waals surface area contributed by atoms with Crippen LogP contribution in [0.15, 0.2) is 91.5 Å². The molecule has 0 N–H and O–H groups in total. The molecule has 0 aliphatic rings. The van der Waals surface area contributed by atoms with E-state index in [1.807, 2.05) is 72.8 Å². The van der Waals surface area contributed by atoms with Crippen molar-refractivity contribution < 1.29 is 9.53 Å². The van der Waals surface area contributed by atoms with Crippen molar-refractivity contribution in [2.24, 2.45) is 0 Å². The number of hydrogen-bond donors (Lipinski definition) is 0. The van der Waals surface area contributed by atoms with E-state index >= 15 is 0 Å². The predicted molar refractivity (Wildman–Crippen MR) is 111 cm³/mol. The van der Waals surface area contributed by atoms with Crippen molar-refractivity contribution in [1.29, 1.82) is 0 Å². The average Bonchev–Trinajstić information content (AvgIpc) is 2.77. The van der Waals surface area contributed by atoms with Gasteiger partial charge in [-0.1, -0.05) is 73.3 Å². The number of fused-ring (bicyclic) bond motifs is 1. The number of carbonyl (C=O) groups is 1. The van der Waals surface area contributed by atoms with E-state index in [0.717, 1.165) is 22.3 Å². The fourth-order valence-corrected chi connectivity index (χ4v) is 3.07. The number of ether oxygens (including phenoxy) is 1. The lowest BCUT2D eigenvalue weighted by Crippen LogP contribution is -2.08. The second-order valence-corrected chi connectivity index (χ2v) is 6.21. The summed E-state index contributed by atoms with van der Waals surface area (Å²) < 4.78 is 5.27. The van der Waals surface area contributed by atoms with Gasteiger partial charge >= 0.3 is 5.97 Å². The first-order valence-corrected chi connectivity index (χ1v) is 8.97. The Labute approximate surface area is 163 Å². The van der Waals surface area contributed by atoms with E-state index in [9.17, 15) is 4.79 Å². The van der Waals surface area contributed by atoms with E-state index in [-0.39, 0.29) is 6.61 Å². The largest absolute Gasteiger partial charge is 0.458 e. The zero-order chi connectivity index (χ0) is 19.3. The molecule has 1 heterocycles. The molecule has 1 aromatic heterocycles. The molecule has 0 radical (unpaired) electrons. The van der Waals surface area contributed by atoms with Crippen molar-refractivity contribution in [1.82, 2.24) is 9.97 Å². The van der Waals surface area contributed by atoms with Gasteiger partial charge < -0.3 is 4.74 Å². The highest BCUT2D eigenvalue weighted by Crippen LogP contribution is 2.33. The van der Waals surface area contributed by atoms with Crippen molar-refractivity contribution in [2.75, 3.05) is 6.61 Å². The summed E-state index contributed by atoms with van der Waals surface area (Å²) in [6.45, 7) is 3.75. The normalized spacial score (nSPS) is 10.6. The maximum Gasteiger partial charge on any atom is 0.339 e. The molecule has 4 nitrogen and oxygen atoms in total. The lowest BCUT2D eigenvalue weighted by atomic mass is 9.99. The maximum absolute atomic E-state index is 12.6. The van der Waals surface area contributed by atoms with Gasteiger partial charge in [-0.25, -0.2) is 14.8 Å². The van der Waals surface area contributed by atoms with Crippen LogP contribution in [0.25, 0.3) is 33.5 Å².